The summed E-state index contributed by atoms with van der Waals surface area (Å²) in [6.45, 7) is 0. The lowest BCUT2D eigenvalue weighted by Crippen LogP contribution is -2.25. The summed E-state index contributed by atoms with van der Waals surface area (Å²) in [7, 11) is 0. The largest absolute Gasteiger partial charge is 0.432 e. The number of nitrogens with zero attached hydrogens (tertiary/aromatic N) is 6. The van der Waals surface area contributed by atoms with Gasteiger partial charge in [-0.3, -0.25) is 40.5 Å². The van der Waals surface area contributed by atoms with E-state index in [0.717, 1.165) is 12.1 Å². The Morgan fingerprint density at radius 3 is 1.54 bits per heavy atom. The van der Waals surface area contributed by atoms with Crippen LogP contribution in [0.25, 0.3) is 0 Å². The van der Waals surface area contributed by atoms with E-state index in [2.05, 4.69) is 0 Å². The summed E-state index contributed by atoms with van der Waals surface area (Å²) >= 11 is 0. The molecule has 16 nitrogen and oxygen atoms in total. The number of hydrogen-bond donors (Lipinski definition) is 0. The molecular weight excluding hydrogens is 388 g/mol. The van der Waals surface area contributed by atoms with Crippen molar-refractivity contribution >= 4 is 34.1 Å². The molecule has 0 heterocycles. The Kier molecular flexibility index (Phi) is 5.05. The number of hydrazine groups is 1. The van der Waals surface area contributed by atoms with E-state index in [1.807, 2.05) is 0 Å². The van der Waals surface area contributed by atoms with E-state index < -0.39 is 53.2 Å². The molecule has 144 valence electrons. The first-order valence-corrected chi connectivity index (χ1v) is 6.86. The summed E-state index contributed by atoms with van der Waals surface area (Å²) in [5, 5.41) is 55.3. The molecule has 0 N–H and O–H groups in total. The van der Waals surface area contributed by atoms with Crippen molar-refractivity contribution in [3.8, 4) is 0 Å². The smallest absolute Gasteiger partial charge is 0.258 e. The van der Waals surface area contributed by atoms with Crippen molar-refractivity contribution < 1.29 is 24.7 Å². The van der Waals surface area contributed by atoms with Crippen LogP contribution in [0.5, 0.6) is 0 Å². The topological polar surface area (TPSA) is 219 Å². The molecule has 0 bridgehead atoms. The van der Waals surface area contributed by atoms with E-state index in [4.69, 9.17) is 0 Å². The van der Waals surface area contributed by atoms with E-state index in [0.29, 0.717) is 0 Å². The Morgan fingerprint density at radius 1 is 0.643 bits per heavy atom. The maximum atomic E-state index is 11.5. The minimum Gasteiger partial charge on any atom is -0.258 e. The van der Waals surface area contributed by atoms with E-state index in [1.165, 1.54) is 18.2 Å². The molecule has 2 rings (SSSR count). The first kappa shape index (κ1) is 19.6. The molecule has 0 radical (unpaired) electrons. The minimum atomic E-state index is -1.85. The third kappa shape index (κ3) is 3.31. The number of nitro groups is 5. The van der Waals surface area contributed by atoms with Crippen LogP contribution in [0.1, 0.15) is 0 Å². The summed E-state index contributed by atoms with van der Waals surface area (Å²) in [4.78, 5) is 50.6. The molecule has 0 aliphatic heterocycles. The zero-order chi connectivity index (χ0) is 21.2. The van der Waals surface area contributed by atoms with Crippen molar-refractivity contribution in [1.82, 2.24) is 0 Å². The molecule has 0 fully saturated rings. The second-order valence-corrected chi connectivity index (χ2v) is 4.87. The van der Waals surface area contributed by atoms with E-state index in [9.17, 15) is 50.6 Å². The molecule has 0 spiro atoms. The lowest BCUT2D eigenvalue weighted by Gasteiger charge is -2.14. The van der Waals surface area contributed by atoms with Gasteiger partial charge in [-0.15, -0.1) is 0 Å². The molecule has 2 aromatic rings. The number of rotatable bonds is 7. The van der Waals surface area contributed by atoms with E-state index >= 15 is 0 Å². The summed E-state index contributed by atoms with van der Waals surface area (Å²) in [5.74, 6) is 0. The highest BCUT2D eigenvalue weighted by atomic mass is 16.7. The Balaban J connectivity index is 3.07. The van der Waals surface area contributed by atoms with Crippen LogP contribution in [-0.2, 0) is 0 Å². The zero-order valence-corrected chi connectivity index (χ0v) is 13.2. The minimum absolute atomic E-state index is 0.0120. The fourth-order valence-corrected chi connectivity index (χ4v) is 2.35. The van der Waals surface area contributed by atoms with Crippen LogP contribution in [0, 0.1) is 50.6 Å². The molecule has 0 saturated carbocycles. The first-order valence-electron chi connectivity index (χ1n) is 6.86. The molecule has 0 aliphatic carbocycles. The average molecular weight is 394 g/mol. The lowest BCUT2D eigenvalue weighted by molar-refractivity contribution is -0.486. The van der Waals surface area contributed by atoms with E-state index in [-0.39, 0.29) is 16.8 Å². The number of nitro benzene ring substituents is 4. The summed E-state index contributed by atoms with van der Waals surface area (Å²) < 4.78 is 0. The Labute approximate surface area is 151 Å². The molecule has 0 amide bonds. The Morgan fingerprint density at radius 2 is 1.14 bits per heavy atom. The van der Waals surface area contributed by atoms with Crippen molar-refractivity contribution in [2.75, 3.05) is 5.01 Å². The van der Waals surface area contributed by atoms with Crippen LogP contribution in [0.4, 0.5) is 34.1 Å². The number of hydrogen-bond acceptors (Lipinski definition) is 10. The first-order chi connectivity index (χ1) is 13.1. The van der Waals surface area contributed by atoms with Crippen LogP contribution < -0.4 is 5.01 Å². The molecule has 0 aromatic heterocycles. The van der Waals surface area contributed by atoms with Crippen LogP contribution in [0.3, 0.4) is 0 Å². The average Bonchev–Trinajstić information content (AvgIpc) is 2.60. The molecule has 0 aliphatic rings. The fraction of sp³-hybridized carbons (Fsp3) is 0. The maximum absolute atomic E-state index is 11.5. The normalized spacial score (nSPS) is 10.1. The predicted octanol–water partition coefficient (Wildman–Crippen LogP) is 2.65. The van der Waals surface area contributed by atoms with Crippen molar-refractivity contribution in [2.24, 2.45) is 0 Å². The quantitative estimate of drug-likeness (QED) is 0.490. The van der Waals surface area contributed by atoms with Crippen molar-refractivity contribution in [3.05, 3.63) is 87.0 Å². The molecular formula is C12H6N6O10. The van der Waals surface area contributed by atoms with Gasteiger partial charge in [0.2, 0.25) is 5.69 Å². The van der Waals surface area contributed by atoms with Gasteiger partial charge in [0.1, 0.15) is 5.69 Å². The molecule has 0 atom stereocenters. The van der Waals surface area contributed by atoms with Crippen LogP contribution in [0.2, 0.25) is 0 Å². The molecule has 0 saturated heterocycles. The summed E-state index contributed by atoms with van der Waals surface area (Å²) in [5.41, 5.74) is -8.29. The number of benzene rings is 2. The maximum Gasteiger partial charge on any atom is 0.432 e. The summed E-state index contributed by atoms with van der Waals surface area (Å²) in [6.07, 6.45) is 0. The second-order valence-electron chi connectivity index (χ2n) is 4.87. The van der Waals surface area contributed by atoms with E-state index in [1.54, 1.807) is 0 Å². The van der Waals surface area contributed by atoms with Crippen LogP contribution in [0.15, 0.2) is 36.4 Å². The standard InChI is InChI=1S/C12H6N6O10/c19-14(20)9-6-8(13(18(27)28)7-4-2-1-3-5-7)10(15(21)22)12(17(25)26)11(9)16(23)24/h1-6H. The van der Waals surface area contributed by atoms with Gasteiger partial charge in [-0.05, 0) is 12.1 Å². The van der Waals surface area contributed by atoms with Gasteiger partial charge in [-0.25, -0.2) is 10.1 Å². The molecule has 2 aromatic carbocycles. The Bertz CT molecular complexity index is 1020. The lowest BCUT2D eigenvalue weighted by atomic mass is 10.1. The van der Waals surface area contributed by atoms with Gasteiger partial charge >= 0.3 is 22.7 Å². The molecule has 0 unspecified atom stereocenters. The van der Waals surface area contributed by atoms with Gasteiger partial charge in [-0.1, -0.05) is 23.2 Å². The third-order valence-electron chi connectivity index (χ3n) is 3.34. The van der Waals surface area contributed by atoms with Gasteiger partial charge in [0.15, 0.2) is 5.03 Å². The number of anilines is 2. The SMILES string of the molecule is O=[N+]([O-])c1cc(N(c2ccccc2)[N+](=O)[O-])c([N+](=O)[O-])c([N+](=O)[O-])c1[N+](=O)[O-]. The van der Waals surface area contributed by atoms with Gasteiger partial charge in [0.25, 0.3) is 0 Å². The van der Waals surface area contributed by atoms with Crippen LogP contribution in [-0.4, -0.2) is 24.7 Å². The van der Waals surface area contributed by atoms with Gasteiger partial charge in [-0.2, -0.15) is 0 Å². The molecule has 16 heteroatoms. The second kappa shape index (κ2) is 7.23. The van der Waals surface area contributed by atoms with Gasteiger partial charge in [0, 0.05) is 0 Å². The van der Waals surface area contributed by atoms with Crippen LogP contribution >= 0.6 is 0 Å². The fourth-order valence-electron chi connectivity index (χ4n) is 2.35. The highest BCUT2D eigenvalue weighted by molar-refractivity contribution is 5.87. The predicted molar refractivity (Wildman–Crippen MR) is 88.6 cm³/mol. The van der Waals surface area contributed by atoms with Gasteiger partial charge < -0.3 is 0 Å². The zero-order valence-electron chi connectivity index (χ0n) is 13.2. The van der Waals surface area contributed by atoms with Crippen molar-refractivity contribution in [1.29, 1.82) is 0 Å². The third-order valence-corrected chi connectivity index (χ3v) is 3.34. The monoisotopic (exact) mass is 394 g/mol. The number of para-hydroxylation sites is 1. The summed E-state index contributed by atoms with van der Waals surface area (Å²) in [6, 6.07) is 6.42. The highest BCUT2D eigenvalue weighted by Crippen LogP contribution is 2.50. The highest BCUT2D eigenvalue weighted by Gasteiger charge is 2.49. The van der Waals surface area contributed by atoms with Gasteiger partial charge in [0.05, 0.1) is 25.8 Å². The van der Waals surface area contributed by atoms with Crippen molar-refractivity contribution in [3.63, 3.8) is 0 Å². The van der Waals surface area contributed by atoms with Crippen molar-refractivity contribution in [2.45, 2.75) is 0 Å². The Hall–Kier alpha value is -4.76. The molecule has 28 heavy (non-hydrogen) atoms.